The molecule has 0 saturated heterocycles. The molecule has 16 heavy (non-hydrogen) atoms. The van der Waals surface area contributed by atoms with Gasteiger partial charge < -0.3 is 14.8 Å². The van der Waals surface area contributed by atoms with Crippen molar-refractivity contribution in [3.05, 3.63) is 24.2 Å². The maximum absolute atomic E-state index is 10.3. The minimum absolute atomic E-state index is 0.543. The Bertz CT molecular complexity index is 319. The van der Waals surface area contributed by atoms with Crippen LogP contribution in [0.15, 0.2) is 22.8 Å². The SMILES string of the molecule is CC1CCCC1NCC(C)(O)c1ccco1. The van der Waals surface area contributed by atoms with Crippen LogP contribution in [0.25, 0.3) is 0 Å². The molecular formula is C13H21NO2. The zero-order valence-corrected chi connectivity index (χ0v) is 10.1. The van der Waals surface area contributed by atoms with E-state index in [1.807, 2.05) is 12.1 Å². The van der Waals surface area contributed by atoms with Crippen LogP contribution in [0.3, 0.4) is 0 Å². The van der Waals surface area contributed by atoms with Gasteiger partial charge in [0.05, 0.1) is 6.26 Å². The van der Waals surface area contributed by atoms with E-state index in [-0.39, 0.29) is 0 Å². The molecule has 1 aromatic heterocycles. The summed E-state index contributed by atoms with van der Waals surface area (Å²) < 4.78 is 5.25. The molecule has 1 aliphatic rings. The van der Waals surface area contributed by atoms with Gasteiger partial charge in [-0.05, 0) is 37.8 Å². The molecule has 3 atom stereocenters. The number of hydrogen-bond acceptors (Lipinski definition) is 3. The minimum Gasteiger partial charge on any atom is -0.466 e. The Morgan fingerprint density at radius 3 is 2.94 bits per heavy atom. The summed E-state index contributed by atoms with van der Waals surface area (Å²) in [5.74, 6) is 1.35. The largest absolute Gasteiger partial charge is 0.466 e. The van der Waals surface area contributed by atoms with E-state index in [1.54, 1.807) is 13.2 Å². The number of furan rings is 1. The lowest BCUT2D eigenvalue weighted by molar-refractivity contribution is 0.0305. The fraction of sp³-hybridized carbons (Fsp3) is 0.692. The van der Waals surface area contributed by atoms with Gasteiger partial charge in [-0.1, -0.05) is 13.3 Å². The van der Waals surface area contributed by atoms with Crippen molar-refractivity contribution in [3.63, 3.8) is 0 Å². The van der Waals surface area contributed by atoms with Crippen LogP contribution in [0.5, 0.6) is 0 Å². The third-order valence-corrected chi connectivity index (χ3v) is 3.62. The summed E-state index contributed by atoms with van der Waals surface area (Å²) in [7, 11) is 0. The van der Waals surface area contributed by atoms with Gasteiger partial charge in [-0.15, -0.1) is 0 Å². The lowest BCUT2D eigenvalue weighted by Gasteiger charge is -2.25. The molecule has 1 saturated carbocycles. The van der Waals surface area contributed by atoms with Gasteiger partial charge in [0.25, 0.3) is 0 Å². The normalized spacial score (nSPS) is 29.2. The second kappa shape index (κ2) is 4.60. The molecule has 90 valence electrons. The molecule has 0 spiro atoms. The minimum atomic E-state index is -0.911. The van der Waals surface area contributed by atoms with Crippen LogP contribution in [0, 0.1) is 5.92 Å². The van der Waals surface area contributed by atoms with Crippen molar-refractivity contribution in [3.8, 4) is 0 Å². The van der Waals surface area contributed by atoms with E-state index >= 15 is 0 Å². The highest BCUT2D eigenvalue weighted by Crippen LogP contribution is 2.26. The van der Waals surface area contributed by atoms with Gasteiger partial charge in [0.1, 0.15) is 11.4 Å². The molecule has 1 aromatic rings. The fourth-order valence-corrected chi connectivity index (χ4v) is 2.45. The smallest absolute Gasteiger partial charge is 0.136 e. The second-order valence-corrected chi connectivity index (χ2v) is 5.15. The summed E-state index contributed by atoms with van der Waals surface area (Å²) in [5.41, 5.74) is -0.911. The number of rotatable bonds is 4. The summed E-state index contributed by atoms with van der Waals surface area (Å²) in [4.78, 5) is 0. The average molecular weight is 223 g/mol. The average Bonchev–Trinajstić information content (AvgIpc) is 2.85. The van der Waals surface area contributed by atoms with Crippen LogP contribution in [-0.2, 0) is 5.60 Å². The molecule has 1 aliphatic carbocycles. The molecular weight excluding hydrogens is 202 g/mol. The molecule has 1 fully saturated rings. The molecule has 0 radical (unpaired) electrons. The highest BCUT2D eigenvalue weighted by atomic mass is 16.4. The molecule has 0 amide bonds. The molecule has 3 nitrogen and oxygen atoms in total. The Labute approximate surface area is 96.8 Å². The maximum Gasteiger partial charge on any atom is 0.136 e. The zero-order valence-electron chi connectivity index (χ0n) is 10.1. The quantitative estimate of drug-likeness (QED) is 0.823. The maximum atomic E-state index is 10.3. The van der Waals surface area contributed by atoms with Crippen LogP contribution < -0.4 is 5.32 Å². The number of nitrogens with one attached hydrogen (secondary N) is 1. The molecule has 3 unspecified atom stereocenters. The van der Waals surface area contributed by atoms with Crippen molar-refractivity contribution < 1.29 is 9.52 Å². The third-order valence-electron chi connectivity index (χ3n) is 3.62. The standard InChI is InChI=1S/C13H21NO2/c1-10-5-3-6-11(10)14-9-13(2,15)12-7-4-8-16-12/h4,7-8,10-11,14-15H,3,5-6,9H2,1-2H3. The van der Waals surface area contributed by atoms with E-state index in [2.05, 4.69) is 12.2 Å². The number of aliphatic hydroxyl groups is 1. The van der Waals surface area contributed by atoms with Crippen molar-refractivity contribution in [2.75, 3.05) is 6.54 Å². The lowest BCUT2D eigenvalue weighted by atomic mass is 10.0. The van der Waals surface area contributed by atoms with Crippen LogP contribution in [-0.4, -0.2) is 17.7 Å². The van der Waals surface area contributed by atoms with Gasteiger partial charge in [-0.25, -0.2) is 0 Å². The molecule has 1 heterocycles. The predicted octanol–water partition coefficient (Wildman–Crippen LogP) is 2.27. The Balaban J connectivity index is 1.89. The first-order valence-corrected chi connectivity index (χ1v) is 6.09. The van der Waals surface area contributed by atoms with Gasteiger partial charge in [-0.2, -0.15) is 0 Å². The molecule has 2 rings (SSSR count). The van der Waals surface area contributed by atoms with Crippen LogP contribution in [0.1, 0.15) is 38.9 Å². The second-order valence-electron chi connectivity index (χ2n) is 5.15. The van der Waals surface area contributed by atoms with Crippen molar-refractivity contribution >= 4 is 0 Å². The van der Waals surface area contributed by atoms with Crippen LogP contribution in [0.2, 0.25) is 0 Å². The van der Waals surface area contributed by atoms with E-state index in [4.69, 9.17) is 4.42 Å². The Kier molecular flexibility index (Phi) is 3.36. The van der Waals surface area contributed by atoms with Gasteiger partial charge in [0.15, 0.2) is 0 Å². The zero-order chi connectivity index (χ0) is 11.6. The summed E-state index contributed by atoms with van der Waals surface area (Å²) in [6, 6.07) is 4.17. The monoisotopic (exact) mass is 223 g/mol. The summed E-state index contributed by atoms with van der Waals surface area (Å²) in [5, 5.41) is 13.7. The van der Waals surface area contributed by atoms with Crippen LogP contribution in [0.4, 0.5) is 0 Å². The highest BCUT2D eigenvalue weighted by Gasteiger charge is 2.29. The highest BCUT2D eigenvalue weighted by molar-refractivity contribution is 5.08. The Hall–Kier alpha value is -0.800. The molecule has 0 bridgehead atoms. The molecule has 0 aliphatic heterocycles. The van der Waals surface area contributed by atoms with Crippen LogP contribution >= 0.6 is 0 Å². The van der Waals surface area contributed by atoms with Crippen molar-refractivity contribution in [2.24, 2.45) is 5.92 Å². The summed E-state index contributed by atoms with van der Waals surface area (Å²) in [6.45, 7) is 4.61. The van der Waals surface area contributed by atoms with E-state index in [0.717, 1.165) is 0 Å². The number of hydrogen-bond donors (Lipinski definition) is 2. The third kappa shape index (κ3) is 2.47. The van der Waals surface area contributed by atoms with E-state index in [0.29, 0.717) is 24.3 Å². The Morgan fingerprint density at radius 1 is 1.56 bits per heavy atom. The summed E-state index contributed by atoms with van der Waals surface area (Å²) >= 11 is 0. The molecule has 2 N–H and O–H groups in total. The topological polar surface area (TPSA) is 45.4 Å². The Morgan fingerprint density at radius 2 is 2.38 bits per heavy atom. The van der Waals surface area contributed by atoms with Crippen molar-refractivity contribution in [1.29, 1.82) is 0 Å². The van der Waals surface area contributed by atoms with Gasteiger partial charge >= 0.3 is 0 Å². The van der Waals surface area contributed by atoms with E-state index in [1.165, 1.54) is 19.3 Å². The van der Waals surface area contributed by atoms with E-state index in [9.17, 15) is 5.11 Å². The van der Waals surface area contributed by atoms with E-state index < -0.39 is 5.60 Å². The van der Waals surface area contributed by atoms with Crippen molar-refractivity contribution in [1.82, 2.24) is 5.32 Å². The van der Waals surface area contributed by atoms with Gasteiger partial charge in [-0.3, -0.25) is 0 Å². The predicted molar refractivity (Wildman–Crippen MR) is 63.1 cm³/mol. The fourth-order valence-electron chi connectivity index (χ4n) is 2.45. The molecule has 0 aromatic carbocycles. The first kappa shape index (κ1) is 11.7. The van der Waals surface area contributed by atoms with Gasteiger partial charge in [0.2, 0.25) is 0 Å². The molecule has 3 heteroatoms. The first-order chi connectivity index (χ1) is 7.59. The van der Waals surface area contributed by atoms with Crippen molar-refractivity contribution in [2.45, 2.75) is 44.8 Å². The first-order valence-electron chi connectivity index (χ1n) is 6.09. The van der Waals surface area contributed by atoms with Gasteiger partial charge in [0, 0.05) is 12.6 Å². The summed E-state index contributed by atoms with van der Waals surface area (Å²) in [6.07, 6.45) is 5.40. The lowest BCUT2D eigenvalue weighted by Crippen LogP contribution is -2.41.